The minimum absolute atomic E-state index is 0.0273. The third kappa shape index (κ3) is 4.33. The van der Waals surface area contributed by atoms with Crippen molar-refractivity contribution in [3.05, 3.63) is 24.5 Å². The summed E-state index contributed by atoms with van der Waals surface area (Å²) in [5, 5.41) is 0. The van der Waals surface area contributed by atoms with Crippen molar-refractivity contribution in [2.45, 2.75) is 31.9 Å². The highest BCUT2D eigenvalue weighted by molar-refractivity contribution is 7.89. The minimum Gasteiger partial charge on any atom is -0.487 e. The van der Waals surface area contributed by atoms with Crippen molar-refractivity contribution >= 4 is 15.9 Å². The van der Waals surface area contributed by atoms with Crippen molar-refractivity contribution < 1.29 is 22.7 Å². The zero-order valence-electron chi connectivity index (χ0n) is 14.9. The van der Waals surface area contributed by atoms with Gasteiger partial charge < -0.3 is 14.4 Å². The van der Waals surface area contributed by atoms with Gasteiger partial charge in [0, 0.05) is 25.7 Å². The lowest BCUT2D eigenvalue weighted by Gasteiger charge is -2.31. The molecule has 0 radical (unpaired) electrons. The monoisotopic (exact) mass is 383 g/mol. The van der Waals surface area contributed by atoms with Crippen LogP contribution in [0.3, 0.4) is 0 Å². The molecule has 144 valence electrons. The third-order valence-corrected chi connectivity index (χ3v) is 6.62. The molecule has 2 fully saturated rings. The van der Waals surface area contributed by atoms with Gasteiger partial charge in [-0.05, 0) is 18.6 Å². The van der Waals surface area contributed by atoms with Gasteiger partial charge in [-0.3, -0.25) is 9.78 Å². The number of hydrogen-bond acceptors (Lipinski definition) is 6. The molecule has 0 spiro atoms. The molecule has 0 aromatic carbocycles. The van der Waals surface area contributed by atoms with E-state index in [1.165, 1.54) is 4.31 Å². The number of aromatic nitrogens is 1. The Kier molecular flexibility index (Phi) is 6.10. The summed E-state index contributed by atoms with van der Waals surface area (Å²) in [5.41, 5.74) is 0. The molecule has 0 aliphatic carbocycles. The van der Waals surface area contributed by atoms with Crippen LogP contribution in [-0.2, 0) is 19.6 Å². The molecule has 0 unspecified atom stereocenters. The lowest BCUT2D eigenvalue weighted by molar-refractivity contribution is -0.138. The van der Waals surface area contributed by atoms with Crippen LogP contribution in [-0.4, -0.2) is 79.3 Å². The van der Waals surface area contributed by atoms with E-state index in [-0.39, 0.29) is 24.3 Å². The molecule has 0 N–H and O–H groups in total. The summed E-state index contributed by atoms with van der Waals surface area (Å²) in [7, 11) is -3.51. The van der Waals surface area contributed by atoms with Crippen LogP contribution in [0.15, 0.2) is 24.5 Å². The summed E-state index contributed by atoms with van der Waals surface area (Å²) in [6.45, 7) is 3.94. The van der Waals surface area contributed by atoms with Crippen molar-refractivity contribution in [1.29, 1.82) is 0 Å². The van der Waals surface area contributed by atoms with Crippen LogP contribution >= 0.6 is 0 Å². The summed E-state index contributed by atoms with van der Waals surface area (Å²) in [4.78, 5) is 18.7. The lowest BCUT2D eigenvalue weighted by Crippen LogP contribution is -2.51. The number of carbonyl (C=O) groups is 1. The maximum absolute atomic E-state index is 13.0. The first-order chi connectivity index (χ1) is 12.5. The second-order valence-corrected chi connectivity index (χ2v) is 8.54. The fourth-order valence-electron chi connectivity index (χ4n) is 3.36. The first kappa shape index (κ1) is 19.1. The lowest BCUT2D eigenvalue weighted by atomic mass is 10.1. The fraction of sp³-hybridized carbons (Fsp3) is 0.647. The van der Waals surface area contributed by atoms with Crippen LogP contribution in [0.2, 0.25) is 0 Å². The number of sulfonamides is 1. The molecular formula is C17H25N3O5S. The minimum atomic E-state index is -3.51. The van der Waals surface area contributed by atoms with Crippen molar-refractivity contribution in [3.63, 3.8) is 0 Å². The number of amides is 1. The molecule has 8 nitrogen and oxygen atoms in total. The second-order valence-electron chi connectivity index (χ2n) is 6.50. The number of nitrogens with zero attached hydrogens (tertiary/aromatic N) is 3. The summed E-state index contributed by atoms with van der Waals surface area (Å²) >= 11 is 0. The topological polar surface area (TPSA) is 89.0 Å². The van der Waals surface area contributed by atoms with Crippen LogP contribution in [0.4, 0.5) is 0 Å². The highest BCUT2D eigenvalue weighted by Crippen LogP contribution is 2.27. The van der Waals surface area contributed by atoms with Gasteiger partial charge in [-0.15, -0.1) is 0 Å². The van der Waals surface area contributed by atoms with E-state index < -0.39 is 16.1 Å². The molecule has 3 rings (SSSR count). The SMILES string of the molecule is CCCS(=O)(=O)N1C[C@@H](Oc2cccnc2)C[C@@H]1C(=O)N1CCOCC1. The number of ether oxygens (including phenoxy) is 2. The Morgan fingerprint density at radius 1 is 1.38 bits per heavy atom. The molecule has 2 aliphatic heterocycles. The van der Waals surface area contributed by atoms with Gasteiger partial charge in [0.25, 0.3) is 0 Å². The Morgan fingerprint density at radius 2 is 2.15 bits per heavy atom. The van der Waals surface area contributed by atoms with E-state index in [0.29, 0.717) is 44.9 Å². The molecule has 1 aromatic heterocycles. The zero-order chi connectivity index (χ0) is 18.6. The Balaban J connectivity index is 1.77. The smallest absolute Gasteiger partial charge is 0.241 e. The average molecular weight is 383 g/mol. The summed E-state index contributed by atoms with van der Waals surface area (Å²) in [6.07, 6.45) is 3.70. The standard InChI is InChI=1S/C17H25N3O5S/c1-2-10-26(22,23)20-13-15(25-14-4-3-5-18-12-14)11-16(20)17(21)19-6-8-24-9-7-19/h3-5,12,15-16H,2,6-11,13H2,1H3/t15-,16+/m0/s1. The highest BCUT2D eigenvalue weighted by Gasteiger charge is 2.45. The van der Waals surface area contributed by atoms with E-state index in [0.717, 1.165) is 0 Å². The van der Waals surface area contributed by atoms with Gasteiger partial charge in [-0.1, -0.05) is 6.92 Å². The number of carbonyl (C=O) groups excluding carboxylic acids is 1. The van der Waals surface area contributed by atoms with Crippen LogP contribution in [0.1, 0.15) is 19.8 Å². The van der Waals surface area contributed by atoms with Crippen molar-refractivity contribution in [1.82, 2.24) is 14.2 Å². The van der Waals surface area contributed by atoms with E-state index >= 15 is 0 Å². The Hall–Kier alpha value is -1.71. The van der Waals surface area contributed by atoms with E-state index in [9.17, 15) is 13.2 Å². The Morgan fingerprint density at radius 3 is 2.81 bits per heavy atom. The summed E-state index contributed by atoms with van der Waals surface area (Å²) in [5.74, 6) is 0.439. The van der Waals surface area contributed by atoms with Crippen molar-refractivity contribution in [3.8, 4) is 5.75 Å². The molecule has 0 bridgehead atoms. The van der Waals surface area contributed by atoms with Gasteiger partial charge in [0.05, 0.1) is 31.7 Å². The molecule has 26 heavy (non-hydrogen) atoms. The number of pyridine rings is 1. The maximum atomic E-state index is 13.0. The Bertz CT molecular complexity index is 706. The number of morpholine rings is 1. The predicted octanol–water partition coefficient (Wildman–Crippen LogP) is 0.502. The molecule has 2 aliphatic rings. The van der Waals surface area contributed by atoms with Crippen LogP contribution < -0.4 is 4.74 Å². The van der Waals surface area contributed by atoms with E-state index in [4.69, 9.17) is 9.47 Å². The zero-order valence-corrected chi connectivity index (χ0v) is 15.7. The fourth-order valence-corrected chi connectivity index (χ4v) is 5.07. The molecular weight excluding hydrogens is 358 g/mol. The van der Waals surface area contributed by atoms with Gasteiger partial charge in [0.2, 0.25) is 15.9 Å². The van der Waals surface area contributed by atoms with E-state index in [1.54, 1.807) is 29.4 Å². The van der Waals surface area contributed by atoms with Gasteiger partial charge >= 0.3 is 0 Å². The average Bonchev–Trinajstić information content (AvgIpc) is 3.07. The van der Waals surface area contributed by atoms with Crippen molar-refractivity contribution in [2.24, 2.45) is 0 Å². The van der Waals surface area contributed by atoms with Gasteiger partial charge in [0.1, 0.15) is 17.9 Å². The normalized spacial score (nSPS) is 24.6. The van der Waals surface area contributed by atoms with Crippen molar-refractivity contribution in [2.75, 3.05) is 38.6 Å². The molecule has 2 atom stereocenters. The molecule has 2 saturated heterocycles. The van der Waals surface area contributed by atoms with Gasteiger partial charge in [-0.2, -0.15) is 4.31 Å². The first-order valence-corrected chi connectivity index (χ1v) is 10.5. The van der Waals surface area contributed by atoms with Gasteiger partial charge in [0.15, 0.2) is 0 Å². The number of hydrogen-bond donors (Lipinski definition) is 0. The molecule has 9 heteroatoms. The third-order valence-electron chi connectivity index (χ3n) is 4.58. The highest BCUT2D eigenvalue weighted by atomic mass is 32.2. The van der Waals surface area contributed by atoms with E-state index in [2.05, 4.69) is 4.98 Å². The summed E-state index contributed by atoms with van der Waals surface area (Å²) < 4.78 is 37.9. The van der Waals surface area contributed by atoms with Crippen LogP contribution in [0.25, 0.3) is 0 Å². The largest absolute Gasteiger partial charge is 0.487 e. The molecule has 1 aromatic rings. The van der Waals surface area contributed by atoms with Crippen LogP contribution in [0.5, 0.6) is 5.75 Å². The second kappa shape index (κ2) is 8.32. The molecule has 0 saturated carbocycles. The first-order valence-electron chi connectivity index (χ1n) is 8.94. The van der Waals surface area contributed by atoms with Gasteiger partial charge in [-0.25, -0.2) is 8.42 Å². The predicted molar refractivity (Wildman–Crippen MR) is 95.2 cm³/mol. The number of rotatable bonds is 6. The quantitative estimate of drug-likeness (QED) is 0.711. The Labute approximate surface area is 154 Å². The summed E-state index contributed by atoms with van der Waals surface area (Å²) in [6, 6.07) is 2.81. The molecule has 1 amide bonds. The maximum Gasteiger partial charge on any atom is 0.241 e. The van der Waals surface area contributed by atoms with E-state index in [1.807, 2.05) is 6.92 Å². The van der Waals surface area contributed by atoms with Crippen LogP contribution in [0, 0.1) is 0 Å². The molecule has 3 heterocycles.